The molecule has 6 nitrogen and oxygen atoms in total. The predicted octanol–water partition coefficient (Wildman–Crippen LogP) is 2.99. The molecular weight excluding hydrogens is 292 g/mol. The molecule has 0 amide bonds. The van der Waals surface area contributed by atoms with Gasteiger partial charge in [-0.3, -0.25) is 0 Å². The molecule has 0 fully saturated rings. The second-order valence-corrected chi connectivity index (χ2v) is 4.91. The average Bonchev–Trinajstić information content (AvgIpc) is 3.04. The molecule has 2 heterocycles. The summed E-state index contributed by atoms with van der Waals surface area (Å²) in [4.78, 5) is 4.27. The molecule has 2 aromatic heterocycles. The van der Waals surface area contributed by atoms with Crippen LogP contribution in [0.25, 0.3) is 22.6 Å². The van der Waals surface area contributed by atoms with Crippen LogP contribution >= 0.6 is 11.6 Å². The number of anilines is 1. The van der Waals surface area contributed by atoms with E-state index in [9.17, 15) is 0 Å². The number of rotatable bonds is 3. The number of ether oxygens (including phenoxy) is 1. The summed E-state index contributed by atoms with van der Waals surface area (Å²) in [6.45, 7) is 0. The molecule has 0 unspecified atom stereocenters. The van der Waals surface area contributed by atoms with Gasteiger partial charge in [-0.15, -0.1) is 0 Å². The minimum atomic E-state index is 0.188. The molecule has 0 aliphatic heterocycles. The van der Waals surface area contributed by atoms with Crippen molar-refractivity contribution in [3.05, 3.63) is 35.6 Å². The van der Waals surface area contributed by atoms with Crippen LogP contribution in [0.4, 0.5) is 5.88 Å². The minimum absolute atomic E-state index is 0.188. The SMILES string of the molecule is COc1ccc(Cl)cc1-c1c(-c2nccn2C)noc1N. The first-order valence-electron chi connectivity index (χ1n) is 6.18. The zero-order valence-corrected chi connectivity index (χ0v) is 12.3. The van der Waals surface area contributed by atoms with Crippen LogP contribution in [0.3, 0.4) is 0 Å². The van der Waals surface area contributed by atoms with Crippen molar-refractivity contribution in [1.29, 1.82) is 0 Å². The Labute approximate surface area is 126 Å². The fourth-order valence-electron chi connectivity index (χ4n) is 2.19. The second-order valence-electron chi connectivity index (χ2n) is 4.48. The highest BCUT2D eigenvalue weighted by atomic mass is 35.5. The van der Waals surface area contributed by atoms with Crippen molar-refractivity contribution in [2.45, 2.75) is 0 Å². The molecule has 0 saturated carbocycles. The molecule has 7 heteroatoms. The van der Waals surface area contributed by atoms with Crippen molar-refractivity contribution in [3.63, 3.8) is 0 Å². The van der Waals surface area contributed by atoms with Crippen molar-refractivity contribution < 1.29 is 9.26 Å². The number of nitrogens with two attached hydrogens (primary N) is 1. The van der Waals surface area contributed by atoms with Gasteiger partial charge in [0.2, 0.25) is 5.88 Å². The van der Waals surface area contributed by atoms with Crippen LogP contribution in [-0.2, 0) is 7.05 Å². The van der Waals surface area contributed by atoms with E-state index in [0.29, 0.717) is 33.4 Å². The van der Waals surface area contributed by atoms with Crippen molar-refractivity contribution >= 4 is 17.5 Å². The van der Waals surface area contributed by atoms with Crippen LogP contribution < -0.4 is 10.5 Å². The first kappa shape index (κ1) is 13.5. The maximum Gasteiger partial charge on any atom is 0.230 e. The largest absolute Gasteiger partial charge is 0.496 e. The van der Waals surface area contributed by atoms with E-state index in [2.05, 4.69) is 10.1 Å². The van der Waals surface area contributed by atoms with E-state index in [1.54, 1.807) is 31.5 Å². The van der Waals surface area contributed by atoms with Gasteiger partial charge < -0.3 is 19.6 Å². The zero-order valence-electron chi connectivity index (χ0n) is 11.5. The molecular formula is C14H13ClN4O2. The summed E-state index contributed by atoms with van der Waals surface area (Å²) in [5.41, 5.74) is 7.81. The highest BCUT2D eigenvalue weighted by Crippen LogP contribution is 2.41. The van der Waals surface area contributed by atoms with Crippen LogP contribution in [0.2, 0.25) is 5.02 Å². The van der Waals surface area contributed by atoms with Gasteiger partial charge in [-0.25, -0.2) is 4.98 Å². The predicted molar refractivity (Wildman–Crippen MR) is 80.1 cm³/mol. The van der Waals surface area contributed by atoms with Gasteiger partial charge in [0.1, 0.15) is 5.75 Å². The number of nitrogens with zero attached hydrogens (tertiary/aromatic N) is 3. The van der Waals surface area contributed by atoms with E-state index < -0.39 is 0 Å². The molecule has 1 aromatic carbocycles. The number of nitrogen functional groups attached to an aromatic ring is 1. The van der Waals surface area contributed by atoms with Gasteiger partial charge >= 0.3 is 0 Å². The number of aryl methyl sites for hydroxylation is 1. The summed E-state index contributed by atoms with van der Waals surface area (Å²) in [5, 5.41) is 4.59. The third-order valence-corrected chi connectivity index (χ3v) is 3.42. The molecule has 2 N–H and O–H groups in total. The van der Waals surface area contributed by atoms with Gasteiger partial charge in [0.05, 0.1) is 12.7 Å². The quantitative estimate of drug-likeness (QED) is 0.804. The van der Waals surface area contributed by atoms with Crippen LogP contribution in [0.1, 0.15) is 0 Å². The average molecular weight is 305 g/mol. The topological polar surface area (TPSA) is 79.1 Å². The first-order chi connectivity index (χ1) is 10.1. The third-order valence-electron chi connectivity index (χ3n) is 3.18. The van der Waals surface area contributed by atoms with Crippen molar-refractivity contribution in [3.8, 4) is 28.4 Å². The van der Waals surface area contributed by atoms with Gasteiger partial charge in [-0.1, -0.05) is 16.8 Å². The van der Waals surface area contributed by atoms with E-state index in [-0.39, 0.29) is 5.88 Å². The van der Waals surface area contributed by atoms with E-state index in [1.165, 1.54) is 0 Å². The highest BCUT2D eigenvalue weighted by Gasteiger charge is 2.23. The Morgan fingerprint density at radius 1 is 1.38 bits per heavy atom. The van der Waals surface area contributed by atoms with E-state index in [4.69, 9.17) is 26.6 Å². The maximum atomic E-state index is 6.08. The standard InChI is InChI=1S/C14H13ClN4O2/c1-19-6-5-17-14(19)12-11(13(16)21-18-12)9-7-8(15)3-4-10(9)20-2/h3-7H,16H2,1-2H3. The summed E-state index contributed by atoms with van der Waals surface area (Å²) in [7, 11) is 3.45. The monoisotopic (exact) mass is 304 g/mol. The second kappa shape index (κ2) is 5.14. The van der Waals surface area contributed by atoms with Gasteiger partial charge in [0.15, 0.2) is 11.5 Å². The number of imidazole rings is 1. The Hall–Kier alpha value is -2.47. The lowest BCUT2D eigenvalue weighted by Gasteiger charge is -2.09. The molecule has 3 aromatic rings. The van der Waals surface area contributed by atoms with Gasteiger partial charge in [0, 0.05) is 30.0 Å². The van der Waals surface area contributed by atoms with Crippen LogP contribution in [-0.4, -0.2) is 21.8 Å². The lowest BCUT2D eigenvalue weighted by atomic mass is 10.0. The lowest BCUT2D eigenvalue weighted by Crippen LogP contribution is -1.96. The molecule has 3 rings (SSSR count). The molecule has 0 bridgehead atoms. The lowest BCUT2D eigenvalue weighted by molar-refractivity contribution is 0.416. The fourth-order valence-corrected chi connectivity index (χ4v) is 2.36. The molecule has 0 radical (unpaired) electrons. The molecule has 0 spiro atoms. The number of benzene rings is 1. The number of hydrogen-bond donors (Lipinski definition) is 1. The van der Waals surface area contributed by atoms with Crippen LogP contribution in [0.5, 0.6) is 5.75 Å². The Morgan fingerprint density at radius 3 is 2.86 bits per heavy atom. The van der Waals surface area contributed by atoms with Crippen molar-refractivity contribution in [2.24, 2.45) is 7.05 Å². The normalized spacial score (nSPS) is 10.8. The molecule has 0 atom stereocenters. The Kier molecular flexibility index (Phi) is 3.31. The number of aromatic nitrogens is 3. The summed E-state index contributed by atoms with van der Waals surface area (Å²) in [5.74, 6) is 1.46. The molecule has 0 aliphatic carbocycles. The molecule has 21 heavy (non-hydrogen) atoms. The van der Waals surface area contributed by atoms with Gasteiger partial charge in [-0.2, -0.15) is 0 Å². The van der Waals surface area contributed by atoms with E-state index >= 15 is 0 Å². The maximum absolute atomic E-state index is 6.08. The first-order valence-corrected chi connectivity index (χ1v) is 6.56. The summed E-state index contributed by atoms with van der Waals surface area (Å²) in [6.07, 6.45) is 3.50. The summed E-state index contributed by atoms with van der Waals surface area (Å²) >= 11 is 6.08. The minimum Gasteiger partial charge on any atom is -0.496 e. The van der Waals surface area contributed by atoms with Crippen LogP contribution in [0, 0.1) is 0 Å². The van der Waals surface area contributed by atoms with E-state index in [0.717, 1.165) is 0 Å². The van der Waals surface area contributed by atoms with Gasteiger partial charge in [0.25, 0.3) is 0 Å². The van der Waals surface area contributed by atoms with Crippen molar-refractivity contribution in [1.82, 2.24) is 14.7 Å². The Bertz CT molecular complexity index is 794. The van der Waals surface area contributed by atoms with Crippen molar-refractivity contribution in [2.75, 3.05) is 12.8 Å². The Balaban J connectivity index is 2.27. The van der Waals surface area contributed by atoms with E-state index in [1.807, 2.05) is 17.8 Å². The smallest absolute Gasteiger partial charge is 0.230 e. The summed E-state index contributed by atoms with van der Waals surface area (Å²) in [6, 6.07) is 5.27. The molecule has 0 aliphatic rings. The van der Waals surface area contributed by atoms with Gasteiger partial charge in [-0.05, 0) is 18.2 Å². The highest BCUT2D eigenvalue weighted by molar-refractivity contribution is 6.31. The van der Waals surface area contributed by atoms with Crippen LogP contribution in [0.15, 0.2) is 35.1 Å². The molecule has 108 valence electrons. The number of halogens is 1. The third kappa shape index (κ3) is 2.23. The summed E-state index contributed by atoms with van der Waals surface area (Å²) < 4.78 is 12.3. The number of methoxy groups -OCH3 is 1. The fraction of sp³-hybridized carbons (Fsp3) is 0.143. The Morgan fingerprint density at radius 2 is 2.19 bits per heavy atom. The zero-order chi connectivity index (χ0) is 15.0. The molecule has 0 saturated heterocycles. The number of hydrogen-bond acceptors (Lipinski definition) is 5.